The van der Waals surface area contributed by atoms with E-state index in [0.717, 1.165) is 0 Å². The van der Waals surface area contributed by atoms with E-state index in [9.17, 15) is 14.4 Å². The number of aromatic nitrogens is 2. The summed E-state index contributed by atoms with van der Waals surface area (Å²) in [4.78, 5) is 42.3. The van der Waals surface area contributed by atoms with Crippen molar-refractivity contribution in [3.05, 3.63) is 52.6 Å². The minimum absolute atomic E-state index is 0.227. The molecule has 0 aliphatic heterocycles. The first kappa shape index (κ1) is 16.4. The first-order valence-electron chi connectivity index (χ1n) is 6.83. The smallest absolute Gasteiger partial charge is 0.339 e. The van der Waals surface area contributed by atoms with E-state index in [1.807, 2.05) is 0 Å². The van der Waals surface area contributed by atoms with Crippen molar-refractivity contribution in [3.8, 4) is 0 Å². The van der Waals surface area contributed by atoms with Gasteiger partial charge in [-0.25, -0.2) is 9.59 Å². The maximum Gasteiger partial charge on any atom is 0.339 e. The third kappa shape index (κ3) is 3.45. The average molecular weight is 316 g/mol. The van der Waals surface area contributed by atoms with Gasteiger partial charge in [0, 0.05) is 18.1 Å². The number of ether oxygens (including phenoxy) is 2. The van der Waals surface area contributed by atoms with E-state index in [0.29, 0.717) is 22.4 Å². The Labute approximate surface area is 132 Å². The summed E-state index contributed by atoms with van der Waals surface area (Å²) in [7, 11) is 1.27. The van der Waals surface area contributed by atoms with Crippen molar-refractivity contribution in [2.45, 2.75) is 13.8 Å². The minimum Gasteiger partial charge on any atom is -0.465 e. The summed E-state index contributed by atoms with van der Waals surface area (Å²) in [5, 5.41) is 0. The number of ketones is 1. The number of hydrogen-bond acceptors (Lipinski definition) is 6. The van der Waals surface area contributed by atoms with E-state index in [-0.39, 0.29) is 5.69 Å². The molecule has 2 aromatic rings. The number of pyridine rings is 1. The monoisotopic (exact) mass is 316 g/mol. The second-order valence-electron chi connectivity index (χ2n) is 4.85. The molecule has 0 bridgehead atoms. The van der Waals surface area contributed by atoms with Crippen LogP contribution in [-0.2, 0) is 9.47 Å². The number of nitrogens with one attached hydrogen (secondary N) is 1. The molecule has 0 saturated heterocycles. The highest BCUT2D eigenvalue weighted by Crippen LogP contribution is 2.19. The van der Waals surface area contributed by atoms with Crippen LogP contribution in [0.3, 0.4) is 0 Å². The zero-order chi connectivity index (χ0) is 17.0. The first-order valence-corrected chi connectivity index (χ1v) is 6.83. The highest BCUT2D eigenvalue weighted by atomic mass is 16.5. The van der Waals surface area contributed by atoms with E-state index >= 15 is 0 Å². The predicted molar refractivity (Wildman–Crippen MR) is 80.5 cm³/mol. The average Bonchev–Trinajstić information content (AvgIpc) is 2.87. The lowest BCUT2D eigenvalue weighted by molar-refractivity contribution is 0.0473. The Morgan fingerprint density at radius 1 is 1.13 bits per heavy atom. The van der Waals surface area contributed by atoms with Gasteiger partial charge in [0.1, 0.15) is 0 Å². The molecule has 0 unspecified atom stereocenters. The van der Waals surface area contributed by atoms with Gasteiger partial charge >= 0.3 is 11.9 Å². The van der Waals surface area contributed by atoms with E-state index in [4.69, 9.17) is 4.74 Å². The molecule has 7 heteroatoms. The number of nitrogens with zero attached hydrogens (tertiary/aromatic N) is 1. The van der Waals surface area contributed by atoms with Gasteiger partial charge in [0.05, 0.1) is 23.9 Å². The van der Waals surface area contributed by atoms with Gasteiger partial charge in [-0.1, -0.05) is 0 Å². The third-order valence-corrected chi connectivity index (χ3v) is 3.36. The quantitative estimate of drug-likeness (QED) is 0.667. The van der Waals surface area contributed by atoms with Crippen molar-refractivity contribution in [2.24, 2.45) is 0 Å². The largest absolute Gasteiger partial charge is 0.465 e. The Morgan fingerprint density at radius 2 is 1.78 bits per heavy atom. The van der Waals surface area contributed by atoms with E-state index in [1.54, 1.807) is 13.8 Å². The lowest BCUT2D eigenvalue weighted by Gasteiger charge is -2.04. The first-order chi connectivity index (χ1) is 11.0. The van der Waals surface area contributed by atoms with Crippen LogP contribution in [-0.4, -0.2) is 41.4 Å². The molecule has 0 atom stereocenters. The summed E-state index contributed by atoms with van der Waals surface area (Å²) >= 11 is 0. The molecule has 1 N–H and O–H groups in total. The molecule has 0 amide bonds. The van der Waals surface area contributed by atoms with Crippen molar-refractivity contribution in [3.63, 3.8) is 0 Å². The fourth-order valence-electron chi connectivity index (χ4n) is 2.21. The number of hydrogen-bond donors (Lipinski definition) is 1. The van der Waals surface area contributed by atoms with Crippen LogP contribution in [0.25, 0.3) is 0 Å². The van der Waals surface area contributed by atoms with Gasteiger partial charge in [-0.2, -0.15) is 0 Å². The lowest BCUT2D eigenvalue weighted by Crippen LogP contribution is -2.15. The van der Waals surface area contributed by atoms with Crippen LogP contribution in [0.2, 0.25) is 0 Å². The standard InChI is InChI=1S/C16H16N2O5/c1-9-13(16(21)22-3)10(2)18-14(9)12(19)8-23-15(20)11-4-6-17-7-5-11/h4-7,18H,8H2,1-3H3. The van der Waals surface area contributed by atoms with Gasteiger partial charge in [-0.3, -0.25) is 9.78 Å². The molecule has 23 heavy (non-hydrogen) atoms. The Morgan fingerprint density at radius 3 is 2.39 bits per heavy atom. The zero-order valence-electron chi connectivity index (χ0n) is 13.0. The molecule has 0 aliphatic carbocycles. The van der Waals surface area contributed by atoms with Gasteiger partial charge in [0.25, 0.3) is 0 Å². The second-order valence-corrected chi connectivity index (χ2v) is 4.85. The van der Waals surface area contributed by atoms with E-state index in [1.165, 1.54) is 31.6 Å². The number of aromatic amines is 1. The molecule has 2 heterocycles. The maximum absolute atomic E-state index is 12.2. The molecule has 0 fully saturated rings. The van der Waals surface area contributed by atoms with Gasteiger partial charge in [-0.05, 0) is 31.5 Å². The van der Waals surface area contributed by atoms with Crippen molar-refractivity contribution in [1.82, 2.24) is 9.97 Å². The Kier molecular flexibility index (Phi) is 4.90. The van der Waals surface area contributed by atoms with Gasteiger partial charge in [-0.15, -0.1) is 0 Å². The molecular weight excluding hydrogens is 300 g/mol. The maximum atomic E-state index is 12.2. The normalized spacial score (nSPS) is 10.2. The third-order valence-electron chi connectivity index (χ3n) is 3.36. The number of esters is 2. The number of carbonyl (C=O) groups is 3. The van der Waals surface area contributed by atoms with Crippen LogP contribution in [0.15, 0.2) is 24.5 Å². The van der Waals surface area contributed by atoms with Gasteiger partial charge < -0.3 is 14.5 Å². The predicted octanol–water partition coefficient (Wildman–Crippen LogP) is 1.85. The minimum atomic E-state index is -0.616. The summed E-state index contributed by atoms with van der Waals surface area (Å²) in [6.45, 7) is 2.87. The van der Waals surface area contributed by atoms with Crippen LogP contribution < -0.4 is 0 Å². The SMILES string of the molecule is COC(=O)c1c(C)[nH]c(C(=O)COC(=O)c2ccncc2)c1C. The number of aryl methyl sites for hydroxylation is 1. The topological polar surface area (TPSA) is 98.4 Å². The molecule has 2 aromatic heterocycles. The fraction of sp³-hybridized carbons (Fsp3) is 0.250. The summed E-state index contributed by atoms with van der Waals surface area (Å²) in [6.07, 6.45) is 2.92. The van der Waals surface area contributed by atoms with Gasteiger partial charge in [0.2, 0.25) is 5.78 Å². The number of H-pyrrole nitrogens is 1. The molecule has 0 aliphatic rings. The van der Waals surface area contributed by atoms with E-state index in [2.05, 4.69) is 14.7 Å². The van der Waals surface area contributed by atoms with E-state index < -0.39 is 24.3 Å². The summed E-state index contributed by atoms with van der Waals surface area (Å²) in [5.74, 6) is -1.57. The summed E-state index contributed by atoms with van der Waals surface area (Å²) in [6, 6.07) is 2.98. The van der Waals surface area contributed by atoms with Crippen molar-refractivity contribution >= 4 is 17.7 Å². The molecule has 2 rings (SSSR count). The Balaban J connectivity index is 2.10. The second kappa shape index (κ2) is 6.87. The van der Waals surface area contributed by atoms with Crippen molar-refractivity contribution in [1.29, 1.82) is 0 Å². The molecule has 0 aromatic carbocycles. The fourth-order valence-corrected chi connectivity index (χ4v) is 2.21. The zero-order valence-corrected chi connectivity index (χ0v) is 13.0. The van der Waals surface area contributed by atoms with Crippen LogP contribution in [0.4, 0.5) is 0 Å². The van der Waals surface area contributed by atoms with Crippen LogP contribution in [0, 0.1) is 13.8 Å². The van der Waals surface area contributed by atoms with Crippen LogP contribution in [0.1, 0.15) is 42.5 Å². The molecule has 120 valence electrons. The number of methoxy groups -OCH3 is 1. The molecular formula is C16H16N2O5. The lowest BCUT2D eigenvalue weighted by atomic mass is 10.1. The van der Waals surface area contributed by atoms with Crippen molar-refractivity contribution in [2.75, 3.05) is 13.7 Å². The van der Waals surface area contributed by atoms with Crippen LogP contribution in [0.5, 0.6) is 0 Å². The molecule has 0 saturated carbocycles. The number of carbonyl (C=O) groups excluding carboxylic acids is 3. The Bertz CT molecular complexity index is 749. The molecule has 0 radical (unpaired) electrons. The van der Waals surface area contributed by atoms with Gasteiger partial charge in [0.15, 0.2) is 6.61 Å². The molecule has 7 nitrogen and oxygen atoms in total. The molecule has 0 spiro atoms. The van der Waals surface area contributed by atoms with Crippen LogP contribution >= 0.6 is 0 Å². The Hall–Kier alpha value is -2.96. The highest BCUT2D eigenvalue weighted by Gasteiger charge is 2.23. The van der Waals surface area contributed by atoms with Crippen molar-refractivity contribution < 1.29 is 23.9 Å². The highest BCUT2D eigenvalue weighted by molar-refractivity contribution is 6.03. The number of Topliss-reactive ketones (excluding diaryl/α,β-unsaturated/α-hetero) is 1. The summed E-state index contributed by atoms with van der Waals surface area (Å²) in [5.41, 5.74) is 1.85. The summed E-state index contributed by atoms with van der Waals surface area (Å²) < 4.78 is 9.67. The number of rotatable bonds is 5.